The van der Waals surface area contributed by atoms with Crippen molar-refractivity contribution in [3.63, 3.8) is 0 Å². The van der Waals surface area contributed by atoms with E-state index in [4.69, 9.17) is 0 Å². The van der Waals surface area contributed by atoms with Crippen LogP contribution in [0.4, 0.5) is 0 Å². The normalized spacial score (nSPS) is 22.6. The first kappa shape index (κ1) is 12.0. The van der Waals surface area contributed by atoms with Crippen LogP contribution in [0.1, 0.15) is 35.0 Å². The molecule has 1 unspecified atom stereocenters. The predicted molar refractivity (Wildman–Crippen MR) is 69.1 cm³/mol. The first-order valence-corrected chi connectivity index (χ1v) is 6.91. The van der Waals surface area contributed by atoms with Gasteiger partial charge >= 0.3 is 0 Å². The molecule has 1 N–H and O–H groups in total. The molecule has 1 atom stereocenters. The minimum Gasteiger partial charge on any atom is -0.314 e. The van der Waals surface area contributed by atoms with Crippen molar-refractivity contribution in [3.05, 3.63) is 15.6 Å². The fourth-order valence-corrected chi connectivity index (χ4v) is 3.53. The van der Waals surface area contributed by atoms with Crippen LogP contribution in [0.5, 0.6) is 0 Å². The maximum absolute atomic E-state index is 4.67. The van der Waals surface area contributed by atoms with E-state index in [1.807, 2.05) is 11.3 Å². The molecule has 3 nitrogen and oxygen atoms in total. The minimum absolute atomic E-state index is 0.525. The maximum Gasteiger partial charge on any atom is 0.0931 e. The van der Waals surface area contributed by atoms with E-state index in [0.29, 0.717) is 6.04 Å². The molecule has 2 heterocycles. The fraction of sp³-hybridized carbons (Fsp3) is 0.750. The summed E-state index contributed by atoms with van der Waals surface area (Å²) in [4.78, 5) is 8.57. The molecule has 0 aliphatic carbocycles. The Kier molecular flexibility index (Phi) is 3.95. The molecular weight excluding hydrogens is 218 g/mol. The summed E-state index contributed by atoms with van der Waals surface area (Å²) in [5, 5.41) is 4.77. The Hall–Kier alpha value is -0.450. The number of aromatic nitrogens is 1. The van der Waals surface area contributed by atoms with E-state index >= 15 is 0 Å². The molecule has 1 aromatic heterocycles. The third-order valence-electron chi connectivity index (χ3n) is 3.15. The van der Waals surface area contributed by atoms with Crippen LogP contribution in [0.25, 0.3) is 0 Å². The quantitative estimate of drug-likeness (QED) is 0.874. The van der Waals surface area contributed by atoms with E-state index < -0.39 is 0 Å². The number of nitrogens with one attached hydrogen (secondary N) is 1. The number of piperazine rings is 1. The van der Waals surface area contributed by atoms with Gasteiger partial charge in [0.25, 0.3) is 0 Å². The van der Waals surface area contributed by atoms with Crippen molar-refractivity contribution in [2.24, 2.45) is 0 Å². The van der Waals surface area contributed by atoms with Crippen molar-refractivity contribution >= 4 is 11.3 Å². The molecule has 1 aromatic rings. The molecule has 0 spiro atoms. The third kappa shape index (κ3) is 2.44. The van der Waals surface area contributed by atoms with Gasteiger partial charge in [0.05, 0.1) is 16.7 Å². The molecule has 1 aliphatic heterocycles. The standard InChI is InChI=1S/C12H21N3S/c1-4-5-11-14-9(2)12(16-11)10-8-13-6-7-15(10)3/h10,13H,4-8H2,1-3H3. The first-order valence-electron chi connectivity index (χ1n) is 6.09. The molecular formula is C12H21N3S. The van der Waals surface area contributed by atoms with Gasteiger partial charge in [-0.2, -0.15) is 0 Å². The van der Waals surface area contributed by atoms with E-state index in [1.54, 1.807) is 0 Å². The smallest absolute Gasteiger partial charge is 0.0931 e. The Bertz CT molecular complexity index is 348. The highest BCUT2D eigenvalue weighted by Gasteiger charge is 2.24. The molecule has 0 amide bonds. The van der Waals surface area contributed by atoms with Crippen LogP contribution in [0.3, 0.4) is 0 Å². The van der Waals surface area contributed by atoms with Crippen molar-refractivity contribution in [2.75, 3.05) is 26.7 Å². The molecule has 0 saturated carbocycles. The first-order chi connectivity index (χ1) is 7.72. The zero-order valence-corrected chi connectivity index (χ0v) is 11.2. The van der Waals surface area contributed by atoms with Gasteiger partial charge in [0.2, 0.25) is 0 Å². The van der Waals surface area contributed by atoms with Gasteiger partial charge in [0, 0.05) is 24.5 Å². The van der Waals surface area contributed by atoms with Crippen LogP contribution in [-0.2, 0) is 6.42 Å². The summed E-state index contributed by atoms with van der Waals surface area (Å²) in [7, 11) is 2.21. The number of rotatable bonds is 3. The van der Waals surface area contributed by atoms with Crippen molar-refractivity contribution in [3.8, 4) is 0 Å². The number of nitrogens with zero attached hydrogens (tertiary/aromatic N) is 2. The number of aryl methyl sites for hydroxylation is 2. The van der Waals surface area contributed by atoms with Crippen LogP contribution in [0.2, 0.25) is 0 Å². The van der Waals surface area contributed by atoms with Crippen LogP contribution in [0, 0.1) is 6.92 Å². The number of thiazole rings is 1. The molecule has 0 aromatic carbocycles. The lowest BCUT2D eigenvalue weighted by Crippen LogP contribution is -2.43. The molecule has 1 saturated heterocycles. The summed E-state index contributed by atoms with van der Waals surface area (Å²) in [5.74, 6) is 0. The zero-order chi connectivity index (χ0) is 11.5. The van der Waals surface area contributed by atoms with Gasteiger partial charge in [0.1, 0.15) is 0 Å². The zero-order valence-electron chi connectivity index (χ0n) is 10.4. The van der Waals surface area contributed by atoms with Gasteiger partial charge in [-0.15, -0.1) is 11.3 Å². The average Bonchev–Trinajstić information content (AvgIpc) is 2.61. The fourth-order valence-electron chi connectivity index (χ4n) is 2.19. The van der Waals surface area contributed by atoms with Crippen LogP contribution < -0.4 is 5.32 Å². The van der Waals surface area contributed by atoms with Gasteiger partial charge in [0.15, 0.2) is 0 Å². The van der Waals surface area contributed by atoms with Crippen LogP contribution in [0.15, 0.2) is 0 Å². The molecule has 1 aliphatic rings. The average molecular weight is 239 g/mol. The molecule has 4 heteroatoms. The Balaban J connectivity index is 2.18. The largest absolute Gasteiger partial charge is 0.314 e. The van der Waals surface area contributed by atoms with Crippen molar-refractivity contribution in [2.45, 2.75) is 32.7 Å². The Morgan fingerprint density at radius 2 is 2.38 bits per heavy atom. The minimum atomic E-state index is 0.525. The highest BCUT2D eigenvalue weighted by molar-refractivity contribution is 7.11. The monoisotopic (exact) mass is 239 g/mol. The summed E-state index contributed by atoms with van der Waals surface area (Å²) in [6.45, 7) is 7.65. The second-order valence-corrected chi connectivity index (χ2v) is 5.62. The van der Waals surface area contributed by atoms with Crippen molar-refractivity contribution < 1.29 is 0 Å². The highest BCUT2D eigenvalue weighted by Crippen LogP contribution is 2.29. The molecule has 0 radical (unpaired) electrons. The molecule has 16 heavy (non-hydrogen) atoms. The summed E-state index contributed by atoms with van der Waals surface area (Å²) < 4.78 is 0. The topological polar surface area (TPSA) is 28.2 Å². The van der Waals surface area contributed by atoms with Crippen molar-refractivity contribution in [1.82, 2.24) is 15.2 Å². The lowest BCUT2D eigenvalue weighted by molar-refractivity contribution is 0.204. The SMILES string of the molecule is CCCc1nc(C)c(C2CNCCN2C)s1. The lowest BCUT2D eigenvalue weighted by Gasteiger charge is -2.32. The Labute approximate surface area is 102 Å². The lowest BCUT2D eigenvalue weighted by atomic mass is 10.1. The van der Waals surface area contributed by atoms with E-state index in [9.17, 15) is 0 Å². The number of likely N-dealkylation sites (N-methyl/N-ethyl adjacent to an activating group) is 1. The van der Waals surface area contributed by atoms with Gasteiger partial charge in [-0.3, -0.25) is 4.90 Å². The maximum atomic E-state index is 4.67. The number of hydrogen-bond donors (Lipinski definition) is 1. The summed E-state index contributed by atoms with van der Waals surface area (Å²) in [5.41, 5.74) is 1.23. The van der Waals surface area contributed by atoms with Gasteiger partial charge in [-0.25, -0.2) is 4.98 Å². The second-order valence-electron chi connectivity index (χ2n) is 4.51. The van der Waals surface area contributed by atoms with Crippen LogP contribution >= 0.6 is 11.3 Å². The number of hydrogen-bond acceptors (Lipinski definition) is 4. The molecule has 90 valence electrons. The Morgan fingerprint density at radius 1 is 1.56 bits per heavy atom. The summed E-state index contributed by atoms with van der Waals surface area (Å²) in [6.07, 6.45) is 2.31. The second kappa shape index (κ2) is 5.25. The van der Waals surface area contributed by atoms with E-state index in [-0.39, 0.29) is 0 Å². The van der Waals surface area contributed by atoms with Gasteiger partial charge in [-0.1, -0.05) is 6.92 Å². The van der Waals surface area contributed by atoms with Crippen molar-refractivity contribution in [1.29, 1.82) is 0 Å². The molecule has 1 fully saturated rings. The summed E-state index contributed by atoms with van der Waals surface area (Å²) in [6, 6.07) is 0.525. The van der Waals surface area contributed by atoms with E-state index in [1.165, 1.54) is 22.0 Å². The van der Waals surface area contributed by atoms with E-state index in [2.05, 4.69) is 36.1 Å². The summed E-state index contributed by atoms with van der Waals surface area (Å²) >= 11 is 1.90. The van der Waals surface area contributed by atoms with Gasteiger partial charge in [-0.05, 0) is 26.8 Å². The molecule has 2 rings (SSSR count). The van der Waals surface area contributed by atoms with Gasteiger partial charge < -0.3 is 5.32 Å². The van der Waals surface area contributed by atoms with Crippen LogP contribution in [-0.4, -0.2) is 36.6 Å². The third-order valence-corrected chi connectivity index (χ3v) is 4.47. The Morgan fingerprint density at radius 3 is 3.06 bits per heavy atom. The highest BCUT2D eigenvalue weighted by atomic mass is 32.1. The molecule has 0 bridgehead atoms. The predicted octanol–water partition coefficient (Wildman–Crippen LogP) is 1.98. The van der Waals surface area contributed by atoms with E-state index in [0.717, 1.165) is 26.1 Å².